The van der Waals surface area contributed by atoms with Crippen LogP contribution >= 0.6 is 23.2 Å². The summed E-state index contributed by atoms with van der Waals surface area (Å²) in [5, 5.41) is 20.9. The predicted octanol–water partition coefficient (Wildman–Crippen LogP) is 6.25. The fourth-order valence-corrected chi connectivity index (χ4v) is 7.56. The van der Waals surface area contributed by atoms with Gasteiger partial charge in [-0.25, -0.2) is 9.59 Å². The first-order valence-corrected chi connectivity index (χ1v) is 17.2. The molecule has 2 atom stereocenters. The number of pyridine rings is 2. The number of hydrogen-bond donors (Lipinski definition) is 2. The first kappa shape index (κ1) is 36.0. The quantitative estimate of drug-likeness (QED) is 0.127. The molecule has 14 heteroatoms. The number of carboxylic acid groups (broad SMARTS) is 1. The molecule has 51 heavy (non-hydrogen) atoms. The van der Waals surface area contributed by atoms with Gasteiger partial charge in [0.2, 0.25) is 12.4 Å². The van der Waals surface area contributed by atoms with E-state index in [1.807, 2.05) is 6.07 Å². The molecule has 0 radical (unpaired) electrons. The Morgan fingerprint density at radius 1 is 0.980 bits per heavy atom. The van der Waals surface area contributed by atoms with E-state index in [0.29, 0.717) is 57.7 Å². The van der Waals surface area contributed by atoms with Gasteiger partial charge in [-0.15, -0.1) is 0 Å². The monoisotopic (exact) mass is 737 g/mol. The van der Waals surface area contributed by atoms with Gasteiger partial charge in [0.25, 0.3) is 0 Å². The molecule has 3 saturated heterocycles. The third-order valence-corrected chi connectivity index (χ3v) is 10.3. The van der Waals surface area contributed by atoms with Gasteiger partial charge in [-0.3, -0.25) is 20.0 Å². The Bertz CT molecular complexity index is 1900. The number of carbonyl (C=O) groups is 2. The minimum absolute atomic E-state index is 0.0394. The van der Waals surface area contributed by atoms with E-state index in [1.54, 1.807) is 42.7 Å². The summed E-state index contributed by atoms with van der Waals surface area (Å²) in [6, 6.07) is 12.0. The highest BCUT2D eigenvalue weighted by Gasteiger charge is 2.38. The number of anilines is 1. The lowest BCUT2D eigenvalue weighted by Crippen LogP contribution is -2.53. The van der Waals surface area contributed by atoms with Gasteiger partial charge in [-0.1, -0.05) is 41.4 Å². The van der Waals surface area contributed by atoms with E-state index in [2.05, 4.69) is 9.88 Å². The number of amides is 1. The van der Waals surface area contributed by atoms with Crippen molar-refractivity contribution in [3.05, 3.63) is 105 Å². The van der Waals surface area contributed by atoms with Crippen LogP contribution in [0.1, 0.15) is 51.4 Å². The maximum Gasteiger partial charge on any atom is 0.414 e. The van der Waals surface area contributed by atoms with E-state index in [-0.39, 0.29) is 34.7 Å². The number of carboxylic acids is 1. The number of piperidine rings is 3. The molecule has 1 amide bonds. The smallest absolute Gasteiger partial charge is 0.414 e. The summed E-state index contributed by atoms with van der Waals surface area (Å²) < 4.78 is 23.4. The summed E-state index contributed by atoms with van der Waals surface area (Å²) in [6.07, 6.45) is 7.06. The van der Waals surface area contributed by atoms with E-state index in [9.17, 15) is 19.9 Å². The van der Waals surface area contributed by atoms with Gasteiger partial charge in [0.1, 0.15) is 21.9 Å². The fourth-order valence-electron chi connectivity index (χ4n) is 6.96. The van der Waals surface area contributed by atoms with Crippen LogP contribution in [-0.4, -0.2) is 79.3 Å². The summed E-state index contributed by atoms with van der Waals surface area (Å²) in [7, 11) is 4.56. The molecule has 7 rings (SSSR count). The zero-order chi connectivity index (χ0) is 36.2. The SMILES string of the molecule is COc1cncc(N(Cc2ccc(C(=O)O)c([C@@H](Cc3c(Cl)c[n+](O)cc3Cl)c3ccc(OC)c(OC)c3)c2)C(=O)O[C@H]2CN3CCC2CC3)c1. The van der Waals surface area contributed by atoms with Gasteiger partial charge in [-0.2, -0.15) is 0 Å². The Balaban J connectivity index is 1.43. The van der Waals surface area contributed by atoms with Crippen LogP contribution < -0.4 is 23.8 Å². The average Bonchev–Trinajstić information content (AvgIpc) is 3.13. The molecule has 2 aromatic heterocycles. The molecule has 3 fully saturated rings. The van der Waals surface area contributed by atoms with Crippen molar-refractivity contribution in [3.63, 3.8) is 0 Å². The summed E-state index contributed by atoms with van der Waals surface area (Å²) in [5.74, 6) is -0.0801. The Hall–Kier alpha value is -4.78. The molecule has 3 aliphatic heterocycles. The lowest BCUT2D eigenvalue weighted by molar-refractivity contribution is -0.904. The van der Waals surface area contributed by atoms with Crippen LogP contribution in [0.25, 0.3) is 0 Å². The summed E-state index contributed by atoms with van der Waals surface area (Å²) in [4.78, 5) is 34.9. The third-order valence-electron chi connectivity index (χ3n) is 9.66. The van der Waals surface area contributed by atoms with Gasteiger partial charge in [0, 0.05) is 28.8 Å². The number of aromatic carboxylic acids is 1. The average molecular weight is 739 g/mol. The van der Waals surface area contributed by atoms with Crippen molar-refractivity contribution >= 4 is 41.0 Å². The van der Waals surface area contributed by atoms with Gasteiger partial charge in [-0.05, 0) is 73.2 Å². The molecule has 268 valence electrons. The molecule has 0 unspecified atom stereocenters. The number of ether oxygens (including phenoxy) is 4. The number of fused-ring (bicyclic) bond motifs is 3. The Labute approximate surface area is 305 Å². The Kier molecular flexibility index (Phi) is 11.0. The van der Waals surface area contributed by atoms with E-state index >= 15 is 0 Å². The van der Waals surface area contributed by atoms with E-state index in [0.717, 1.165) is 30.7 Å². The van der Waals surface area contributed by atoms with Crippen molar-refractivity contribution in [1.82, 2.24) is 9.88 Å². The maximum atomic E-state index is 14.0. The van der Waals surface area contributed by atoms with Crippen LogP contribution in [0.3, 0.4) is 0 Å². The number of carbonyl (C=O) groups excluding carboxylic acids is 1. The highest BCUT2D eigenvalue weighted by atomic mass is 35.5. The topological polar surface area (TPSA) is 135 Å². The molecule has 3 aliphatic rings. The maximum absolute atomic E-state index is 14.0. The van der Waals surface area contributed by atoms with E-state index in [1.165, 1.54) is 44.7 Å². The Morgan fingerprint density at radius 3 is 2.33 bits per heavy atom. The van der Waals surface area contributed by atoms with Crippen molar-refractivity contribution in [1.29, 1.82) is 0 Å². The largest absolute Gasteiger partial charge is 0.495 e. The number of aromatic nitrogens is 2. The van der Waals surface area contributed by atoms with Crippen molar-refractivity contribution in [2.24, 2.45) is 5.92 Å². The first-order valence-electron chi connectivity index (χ1n) is 16.4. The number of hydrogen-bond acceptors (Lipinski definition) is 9. The molecule has 2 aromatic carbocycles. The number of rotatable bonds is 12. The predicted molar refractivity (Wildman–Crippen MR) is 189 cm³/mol. The number of halogens is 2. The van der Waals surface area contributed by atoms with Crippen molar-refractivity contribution < 1.29 is 43.6 Å². The normalized spacial score (nSPS) is 18.5. The van der Waals surface area contributed by atoms with Gasteiger partial charge in [0.15, 0.2) is 11.5 Å². The van der Waals surface area contributed by atoms with Crippen molar-refractivity contribution in [3.8, 4) is 17.2 Å². The van der Waals surface area contributed by atoms with Crippen LogP contribution in [0.5, 0.6) is 17.2 Å². The highest BCUT2D eigenvalue weighted by molar-refractivity contribution is 6.35. The summed E-state index contributed by atoms with van der Waals surface area (Å²) in [6.45, 7) is 2.73. The third kappa shape index (κ3) is 7.93. The minimum Gasteiger partial charge on any atom is -0.495 e. The van der Waals surface area contributed by atoms with Crippen LogP contribution in [-0.2, 0) is 17.7 Å². The van der Waals surface area contributed by atoms with Crippen LogP contribution in [0.15, 0.2) is 67.3 Å². The molecule has 0 spiro atoms. The van der Waals surface area contributed by atoms with E-state index < -0.39 is 18.0 Å². The second-order valence-corrected chi connectivity index (χ2v) is 13.5. The van der Waals surface area contributed by atoms with Crippen LogP contribution in [0.2, 0.25) is 10.0 Å². The summed E-state index contributed by atoms with van der Waals surface area (Å²) >= 11 is 13.2. The zero-order valence-corrected chi connectivity index (χ0v) is 29.9. The molecule has 0 aliphatic carbocycles. The molecule has 5 heterocycles. The van der Waals surface area contributed by atoms with Crippen molar-refractivity contribution in [2.45, 2.75) is 37.8 Å². The second kappa shape index (κ2) is 15.6. The molecule has 12 nitrogen and oxygen atoms in total. The lowest BCUT2D eigenvalue weighted by atomic mass is 9.82. The summed E-state index contributed by atoms with van der Waals surface area (Å²) in [5.41, 5.74) is 2.76. The minimum atomic E-state index is -1.14. The standard InChI is InChI=1S/C37H38Cl2N4O8/c1-48-26-14-25(16-40-17-26)43(37(46)51-35-21-41-10-8-23(35)9-11-41)18-22-4-6-27(36(44)45)29(12-22)28(15-30-31(38)19-42(47)20-32(30)39)24-5-7-33(49-2)34(13-24)50-3/h4-7,12-14,16-17,19-20,23,28,35H,8-11,15,18,21H2,1-3H3,(H-,44,45,47)/p+1/t28-,35-/m0/s1. The Morgan fingerprint density at radius 2 is 1.71 bits per heavy atom. The number of nitrogens with zero attached hydrogens (tertiary/aromatic N) is 4. The number of methoxy groups -OCH3 is 3. The first-order chi connectivity index (χ1) is 24.6. The molecule has 2 N–H and O–H groups in total. The molecule has 2 bridgehead atoms. The van der Waals surface area contributed by atoms with Gasteiger partial charge in [0.05, 0.1) is 51.5 Å². The second-order valence-electron chi connectivity index (χ2n) is 12.6. The van der Waals surface area contributed by atoms with Crippen LogP contribution in [0.4, 0.5) is 10.5 Å². The molecular weight excluding hydrogens is 699 g/mol. The van der Waals surface area contributed by atoms with Gasteiger partial charge < -0.3 is 24.1 Å². The highest BCUT2D eigenvalue weighted by Crippen LogP contribution is 2.39. The van der Waals surface area contributed by atoms with E-state index in [4.69, 9.17) is 42.1 Å². The van der Waals surface area contributed by atoms with Crippen LogP contribution in [0, 0.1) is 5.92 Å². The molecular formula is C37H39Cl2N4O8+. The van der Waals surface area contributed by atoms with Crippen molar-refractivity contribution in [2.75, 3.05) is 45.9 Å². The molecule has 0 saturated carbocycles. The lowest BCUT2D eigenvalue weighted by Gasteiger charge is -2.44. The zero-order valence-electron chi connectivity index (χ0n) is 28.4. The van der Waals surface area contributed by atoms with Gasteiger partial charge >= 0.3 is 12.1 Å². The number of benzene rings is 2. The fraction of sp³-hybridized carbons (Fsp3) is 0.351. The molecule has 4 aromatic rings.